The monoisotopic (exact) mass is 175 g/mol. The molecule has 2 nitrogen and oxygen atoms in total. The fourth-order valence-electron chi connectivity index (χ4n) is 1.62. The molecule has 0 amide bonds. The van der Waals surface area contributed by atoms with E-state index >= 15 is 0 Å². The van der Waals surface area contributed by atoms with E-state index in [1.54, 1.807) is 0 Å². The van der Waals surface area contributed by atoms with Gasteiger partial charge >= 0.3 is 0 Å². The summed E-state index contributed by atoms with van der Waals surface area (Å²) in [5, 5.41) is 4.06. The lowest BCUT2D eigenvalue weighted by Gasteiger charge is -2.06. The molecule has 1 aromatic rings. The molecule has 2 heteroatoms. The molecular formula is C11H13NO. The van der Waals surface area contributed by atoms with Crippen molar-refractivity contribution in [2.45, 2.75) is 26.4 Å². The van der Waals surface area contributed by atoms with Gasteiger partial charge in [-0.3, -0.25) is 0 Å². The number of oxime groups is 1. The minimum absolute atomic E-state index is 0.179. The fourth-order valence-corrected chi connectivity index (χ4v) is 1.62. The van der Waals surface area contributed by atoms with Crippen molar-refractivity contribution in [2.75, 3.05) is 0 Å². The summed E-state index contributed by atoms with van der Waals surface area (Å²) in [6, 6.07) is 8.33. The van der Waals surface area contributed by atoms with Gasteiger partial charge in [0.25, 0.3) is 0 Å². The van der Waals surface area contributed by atoms with E-state index in [2.05, 4.69) is 23.4 Å². The summed E-state index contributed by atoms with van der Waals surface area (Å²) in [5.74, 6) is 0. The molecule has 13 heavy (non-hydrogen) atoms. The average molecular weight is 175 g/mol. The SMILES string of the molecule is CC1=NOC(C)Cc2ccccc21. The van der Waals surface area contributed by atoms with Gasteiger partial charge < -0.3 is 4.84 Å². The Bertz CT molecular complexity index is 344. The van der Waals surface area contributed by atoms with Crippen molar-refractivity contribution < 1.29 is 4.84 Å². The third-order valence-corrected chi connectivity index (χ3v) is 2.28. The molecule has 0 saturated carbocycles. The van der Waals surface area contributed by atoms with Gasteiger partial charge in [-0.05, 0) is 19.4 Å². The summed E-state index contributed by atoms with van der Waals surface area (Å²) in [6.45, 7) is 4.02. The van der Waals surface area contributed by atoms with E-state index in [0.717, 1.165) is 12.1 Å². The van der Waals surface area contributed by atoms with Gasteiger partial charge in [0.2, 0.25) is 0 Å². The van der Waals surface area contributed by atoms with E-state index in [-0.39, 0.29) is 6.10 Å². The molecule has 1 unspecified atom stereocenters. The lowest BCUT2D eigenvalue weighted by atomic mass is 10.00. The van der Waals surface area contributed by atoms with Crippen LogP contribution in [-0.4, -0.2) is 11.8 Å². The normalized spacial score (nSPS) is 21.1. The number of rotatable bonds is 0. The molecule has 1 heterocycles. The second-order valence-corrected chi connectivity index (χ2v) is 3.45. The minimum Gasteiger partial charge on any atom is -0.392 e. The lowest BCUT2D eigenvalue weighted by molar-refractivity contribution is 0.0749. The highest BCUT2D eigenvalue weighted by atomic mass is 16.6. The zero-order chi connectivity index (χ0) is 9.26. The maximum absolute atomic E-state index is 5.29. The van der Waals surface area contributed by atoms with Gasteiger partial charge in [0.15, 0.2) is 0 Å². The third-order valence-electron chi connectivity index (χ3n) is 2.28. The highest BCUT2D eigenvalue weighted by Gasteiger charge is 2.13. The molecule has 0 fully saturated rings. The molecule has 0 aromatic heterocycles. The van der Waals surface area contributed by atoms with Crippen LogP contribution < -0.4 is 0 Å². The fraction of sp³-hybridized carbons (Fsp3) is 0.364. The van der Waals surface area contributed by atoms with Crippen LogP contribution in [-0.2, 0) is 11.3 Å². The van der Waals surface area contributed by atoms with Crippen molar-refractivity contribution in [3.63, 3.8) is 0 Å². The summed E-state index contributed by atoms with van der Waals surface area (Å²) in [5.41, 5.74) is 3.51. The lowest BCUT2D eigenvalue weighted by Crippen LogP contribution is -2.06. The predicted molar refractivity (Wildman–Crippen MR) is 52.9 cm³/mol. The Morgan fingerprint density at radius 1 is 1.38 bits per heavy atom. The summed E-state index contributed by atoms with van der Waals surface area (Å²) in [4.78, 5) is 5.29. The van der Waals surface area contributed by atoms with E-state index in [0.29, 0.717) is 0 Å². The van der Waals surface area contributed by atoms with Gasteiger partial charge in [0.05, 0.1) is 5.71 Å². The quantitative estimate of drug-likeness (QED) is 0.593. The molecule has 1 aromatic carbocycles. The molecular weight excluding hydrogens is 162 g/mol. The van der Waals surface area contributed by atoms with Crippen LogP contribution in [0.3, 0.4) is 0 Å². The Balaban J connectivity index is 2.49. The Labute approximate surface area is 78.2 Å². The van der Waals surface area contributed by atoms with Gasteiger partial charge in [-0.2, -0.15) is 0 Å². The van der Waals surface area contributed by atoms with Crippen molar-refractivity contribution >= 4 is 5.71 Å². The summed E-state index contributed by atoms with van der Waals surface area (Å²) < 4.78 is 0. The first-order valence-corrected chi connectivity index (χ1v) is 4.56. The van der Waals surface area contributed by atoms with Gasteiger partial charge in [0, 0.05) is 12.0 Å². The Morgan fingerprint density at radius 2 is 2.15 bits per heavy atom. The maximum Gasteiger partial charge on any atom is 0.128 e. The molecule has 68 valence electrons. The number of fused-ring (bicyclic) bond motifs is 1. The van der Waals surface area contributed by atoms with E-state index in [1.807, 2.05) is 19.9 Å². The topological polar surface area (TPSA) is 21.6 Å². The van der Waals surface area contributed by atoms with Gasteiger partial charge in [0.1, 0.15) is 6.10 Å². The smallest absolute Gasteiger partial charge is 0.128 e. The summed E-state index contributed by atoms with van der Waals surface area (Å²) in [6.07, 6.45) is 1.12. The van der Waals surface area contributed by atoms with Crippen LogP contribution in [0, 0.1) is 0 Å². The van der Waals surface area contributed by atoms with Gasteiger partial charge in [-0.15, -0.1) is 0 Å². The first-order chi connectivity index (χ1) is 6.27. The van der Waals surface area contributed by atoms with Crippen LogP contribution >= 0.6 is 0 Å². The van der Waals surface area contributed by atoms with E-state index < -0.39 is 0 Å². The Hall–Kier alpha value is -1.31. The standard InChI is InChI=1S/C11H13NO/c1-8-7-10-5-3-4-6-11(10)9(2)12-13-8/h3-6,8H,7H2,1-2H3. The molecule has 0 radical (unpaired) electrons. The van der Waals surface area contributed by atoms with Crippen molar-refractivity contribution in [2.24, 2.45) is 5.16 Å². The van der Waals surface area contributed by atoms with Crippen LogP contribution in [0.5, 0.6) is 0 Å². The second kappa shape index (κ2) is 3.21. The van der Waals surface area contributed by atoms with Crippen LogP contribution in [0.1, 0.15) is 25.0 Å². The first kappa shape index (κ1) is 8.30. The number of benzene rings is 1. The molecule has 1 atom stereocenters. The zero-order valence-electron chi connectivity index (χ0n) is 7.95. The molecule has 0 N–H and O–H groups in total. The van der Waals surface area contributed by atoms with Crippen LogP contribution in [0.15, 0.2) is 29.4 Å². The number of hydrogen-bond acceptors (Lipinski definition) is 2. The highest BCUT2D eigenvalue weighted by Crippen LogP contribution is 2.17. The molecule has 1 aliphatic rings. The van der Waals surface area contributed by atoms with Gasteiger partial charge in [-0.1, -0.05) is 29.4 Å². The van der Waals surface area contributed by atoms with Crippen LogP contribution in [0.4, 0.5) is 0 Å². The largest absolute Gasteiger partial charge is 0.392 e. The molecule has 0 saturated heterocycles. The molecule has 1 aliphatic heterocycles. The predicted octanol–water partition coefficient (Wildman–Crippen LogP) is 2.37. The molecule has 0 bridgehead atoms. The van der Waals surface area contributed by atoms with E-state index in [9.17, 15) is 0 Å². The van der Waals surface area contributed by atoms with Crippen LogP contribution in [0.25, 0.3) is 0 Å². The Morgan fingerprint density at radius 3 is 3.00 bits per heavy atom. The minimum atomic E-state index is 0.179. The molecule has 0 aliphatic carbocycles. The third kappa shape index (κ3) is 1.57. The molecule has 2 rings (SSSR count). The Kier molecular flexibility index (Phi) is 2.05. The summed E-state index contributed by atoms with van der Waals surface area (Å²) in [7, 11) is 0. The van der Waals surface area contributed by atoms with Crippen molar-refractivity contribution in [1.29, 1.82) is 0 Å². The van der Waals surface area contributed by atoms with Crippen molar-refractivity contribution in [1.82, 2.24) is 0 Å². The average Bonchev–Trinajstić information content (AvgIpc) is 2.27. The second-order valence-electron chi connectivity index (χ2n) is 3.45. The van der Waals surface area contributed by atoms with Crippen LogP contribution in [0.2, 0.25) is 0 Å². The first-order valence-electron chi connectivity index (χ1n) is 4.56. The van der Waals surface area contributed by atoms with Crippen molar-refractivity contribution in [3.05, 3.63) is 35.4 Å². The van der Waals surface area contributed by atoms with E-state index in [4.69, 9.17) is 4.84 Å². The molecule has 0 spiro atoms. The number of hydrogen-bond donors (Lipinski definition) is 0. The van der Waals surface area contributed by atoms with E-state index in [1.165, 1.54) is 11.1 Å². The maximum atomic E-state index is 5.29. The highest BCUT2D eigenvalue weighted by molar-refractivity contribution is 5.99. The summed E-state index contributed by atoms with van der Waals surface area (Å²) >= 11 is 0. The van der Waals surface area contributed by atoms with Crippen molar-refractivity contribution in [3.8, 4) is 0 Å². The van der Waals surface area contributed by atoms with Gasteiger partial charge in [-0.25, -0.2) is 0 Å². The number of nitrogens with zero attached hydrogens (tertiary/aromatic N) is 1. The zero-order valence-corrected chi connectivity index (χ0v) is 7.95.